The number of hydrogen-bond acceptors (Lipinski definition) is 3. The topological polar surface area (TPSA) is 46.2 Å². The van der Waals surface area contributed by atoms with Gasteiger partial charge in [0.15, 0.2) is 5.78 Å². The van der Waals surface area contributed by atoms with Crippen molar-refractivity contribution in [2.24, 2.45) is 0 Å². The molecule has 2 rings (SSSR count). The summed E-state index contributed by atoms with van der Waals surface area (Å²) in [6.07, 6.45) is 0.888. The summed E-state index contributed by atoms with van der Waals surface area (Å²) in [6, 6.07) is 5.27. The van der Waals surface area contributed by atoms with Crippen LogP contribution in [0.15, 0.2) is 18.2 Å². The second kappa shape index (κ2) is 3.35. The number of nitrogens with one attached hydrogen (secondary N) is 1. The first-order valence-electron chi connectivity index (χ1n) is 4.55. The molecule has 0 amide bonds. The van der Waals surface area contributed by atoms with Crippen molar-refractivity contribution in [2.45, 2.75) is 19.5 Å². The first kappa shape index (κ1) is 9.09. The van der Waals surface area contributed by atoms with Crippen LogP contribution in [0.1, 0.15) is 34.5 Å². The summed E-state index contributed by atoms with van der Waals surface area (Å²) in [4.78, 5) is 21.8. The van der Waals surface area contributed by atoms with Crippen LogP contribution in [0.25, 0.3) is 0 Å². The molecule has 1 unspecified atom stereocenters. The maximum atomic E-state index is 11.1. The van der Waals surface area contributed by atoms with Gasteiger partial charge in [-0.15, -0.1) is 0 Å². The molecule has 14 heavy (non-hydrogen) atoms. The van der Waals surface area contributed by atoms with Crippen molar-refractivity contribution >= 4 is 12.1 Å². The summed E-state index contributed by atoms with van der Waals surface area (Å²) in [5, 5.41) is 3.06. The quantitative estimate of drug-likeness (QED) is 0.562. The molecule has 3 nitrogen and oxygen atoms in total. The van der Waals surface area contributed by atoms with Crippen LogP contribution in [-0.4, -0.2) is 12.1 Å². The van der Waals surface area contributed by atoms with Crippen LogP contribution < -0.4 is 5.32 Å². The number of rotatable bonds is 2. The molecule has 1 aliphatic rings. The molecule has 1 aliphatic heterocycles. The van der Waals surface area contributed by atoms with Crippen LogP contribution in [0.2, 0.25) is 0 Å². The predicted molar refractivity (Wildman–Crippen MR) is 52.1 cm³/mol. The highest BCUT2D eigenvalue weighted by Gasteiger charge is 2.21. The summed E-state index contributed by atoms with van der Waals surface area (Å²) in [6.45, 7) is 2.21. The van der Waals surface area contributed by atoms with Gasteiger partial charge in [-0.3, -0.25) is 10.1 Å². The summed E-state index contributed by atoms with van der Waals surface area (Å²) in [7, 11) is 0. The number of aldehydes is 1. The van der Waals surface area contributed by atoms with Crippen molar-refractivity contribution in [1.29, 1.82) is 0 Å². The molecule has 0 aromatic heterocycles. The van der Waals surface area contributed by atoms with Crippen molar-refractivity contribution in [2.75, 3.05) is 0 Å². The molecule has 0 spiro atoms. The molecule has 0 saturated carbocycles. The fraction of sp³-hybridized carbons (Fsp3) is 0.273. The normalized spacial score (nSPS) is 19.1. The van der Waals surface area contributed by atoms with E-state index in [4.69, 9.17) is 0 Å². The summed E-state index contributed by atoms with van der Waals surface area (Å²) >= 11 is 0. The van der Waals surface area contributed by atoms with Gasteiger partial charge in [0, 0.05) is 12.1 Å². The van der Waals surface area contributed by atoms with E-state index in [1.807, 2.05) is 12.1 Å². The number of carbonyl (C=O) groups excluding carboxylic acids is 2. The minimum atomic E-state index is -0.203. The number of fused-ring (bicyclic) bond motifs is 1. The van der Waals surface area contributed by atoms with Crippen molar-refractivity contribution in [3.63, 3.8) is 0 Å². The second-order valence-electron chi connectivity index (χ2n) is 3.46. The van der Waals surface area contributed by atoms with Crippen molar-refractivity contribution in [3.8, 4) is 0 Å². The van der Waals surface area contributed by atoms with E-state index in [0.717, 1.165) is 17.4 Å². The predicted octanol–water partition coefficient (Wildman–Crippen LogP) is 1.23. The average molecular weight is 189 g/mol. The number of ketones is 1. The molecule has 1 heterocycles. The molecule has 3 heteroatoms. The second-order valence-corrected chi connectivity index (χ2v) is 3.46. The highest BCUT2D eigenvalue weighted by Crippen LogP contribution is 2.24. The Labute approximate surface area is 82.1 Å². The van der Waals surface area contributed by atoms with Crippen LogP contribution in [0.3, 0.4) is 0 Å². The third-order valence-electron chi connectivity index (χ3n) is 2.53. The smallest absolute Gasteiger partial charge is 0.159 e. The minimum Gasteiger partial charge on any atom is -0.301 e. The fourth-order valence-electron chi connectivity index (χ4n) is 1.73. The van der Waals surface area contributed by atoms with E-state index >= 15 is 0 Å². The Morgan fingerprint density at radius 1 is 1.57 bits per heavy atom. The van der Waals surface area contributed by atoms with Crippen LogP contribution in [0.4, 0.5) is 0 Å². The molecule has 1 atom stereocenters. The third-order valence-corrected chi connectivity index (χ3v) is 2.53. The fourth-order valence-corrected chi connectivity index (χ4v) is 1.73. The van der Waals surface area contributed by atoms with E-state index in [0.29, 0.717) is 12.1 Å². The monoisotopic (exact) mass is 189 g/mol. The first-order chi connectivity index (χ1) is 6.72. The van der Waals surface area contributed by atoms with E-state index in [1.165, 1.54) is 0 Å². The lowest BCUT2D eigenvalue weighted by Gasteiger charge is -2.03. The van der Waals surface area contributed by atoms with Gasteiger partial charge in [-0.2, -0.15) is 0 Å². The molecule has 0 bridgehead atoms. The van der Waals surface area contributed by atoms with E-state index in [1.54, 1.807) is 13.0 Å². The summed E-state index contributed by atoms with van der Waals surface area (Å²) < 4.78 is 0. The Morgan fingerprint density at radius 3 is 3.00 bits per heavy atom. The van der Waals surface area contributed by atoms with Crippen LogP contribution in [0.5, 0.6) is 0 Å². The van der Waals surface area contributed by atoms with Crippen molar-refractivity contribution < 1.29 is 9.59 Å². The van der Waals surface area contributed by atoms with E-state index in [2.05, 4.69) is 5.32 Å². The molecule has 0 fully saturated rings. The van der Waals surface area contributed by atoms with Crippen molar-refractivity contribution in [3.05, 3.63) is 34.9 Å². The first-order valence-corrected chi connectivity index (χ1v) is 4.55. The lowest BCUT2D eigenvalue weighted by molar-refractivity contribution is -0.109. The molecule has 0 aliphatic carbocycles. The number of Topliss-reactive ketones (excluding diaryl/α,β-unsaturated/α-hetero) is 1. The van der Waals surface area contributed by atoms with Crippen molar-refractivity contribution in [1.82, 2.24) is 5.32 Å². The van der Waals surface area contributed by atoms with Gasteiger partial charge in [0.05, 0.1) is 6.04 Å². The number of carbonyl (C=O) groups is 2. The highest BCUT2D eigenvalue weighted by atomic mass is 16.1. The van der Waals surface area contributed by atoms with Gasteiger partial charge in [-0.25, -0.2) is 0 Å². The number of benzene rings is 1. The van der Waals surface area contributed by atoms with Gasteiger partial charge in [-0.05, 0) is 24.1 Å². The zero-order chi connectivity index (χ0) is 10.1. The van der Waals surface area contributed by atoms with Gasteiger partial charge >= 0.3 is 0 Å². The Kier molecular flexibility index (Phi) is 2.17. The Hall–Kier alpha value is -1.48. The molecular formula is C11H11NO2. The summed E-state index contributed by atoms with van der Waals surface area (Å²) in [5.41, 5.74) is 2.75. The largest absolute Gasteiger partial charge is 0.301 e. The maximum absolute atomic E-state index is 11.1. The Morgan fingerprint density at radius 2 is 2.36 bits per heavy atom. The van der Waals surface area contributed by atoms with Crippen LogP contribution >= 0.6 is 0 Å². The maximum Gasteiger partial charge on any atom is 0.159 e. The third kappa shape index (κ3) is 1.36. The van der Waals surface area contributed by atoms with Gasteiger partial charge in [0.1, 0.15) is 6.29 Å². The standard InChI is InChI=1S/C11H11NO2/c1-7(14)8-2-3-10-9(4-8)5-12-11(10)6-13/h2-4,6,11-12H,5H2,1H3. The van der Waals surface area contributed by atoms with Crippen LogP contribution in [-0.2, 0) is 11.3 Å². The minimum absolute atomic E-state index is 0.0577. The van der Waals surface area contributed by atoms with E-state index in [9.17, 15) is 9.59 Å². The summed E-state index contributed by atoms with van der Waals surface area (Å²) in [5.74, 6) is 0.0577. The zero-order valence-corrected chi connectivity index (χ0v) is 7.91. The molecule has 0 saturated heterocycles. The molecule has 1 aromatic carbocycles. The van der Waals surface area contributed by atoms with Crippen LogP contribution in [0, 0.1) is 0 Å². The highest BCUT2D eigenvalue weighted by molar-refractivity contribution is 5.94. The average Bonchev–Trinajstić information content (AvgIpc) is 2.59. The van der Waals surface area contributed by atoms with Gasteiger partial charge in [0.25, 0.3) is 0 Å². The molecule has 72 valence electrons. The lowest BCUT2D eigenvalue weighted by Crippen LogP contribution is -2.12. The SMILES string of the molecule is CC(=O)c1ccc2c(c1)CNC2C=O. The molecule has 1 aromatic rings. The zero-order valence-electron chi connectivity index (χ0n) is 7.91. The van der Waals surface area contributed by atoms with Gasteiger partial charge in [-0.1, -0.05) is 12.1 Å². The van der Waals surface area contributed by atoms with E-state index < -0.39 is 0 Å². The molecule has 0 radical (unpaired) electrons. The van der Waals surface area contributed by atoms with Gasteiger partial charge < -0.3 is 4.79 Å². The lowest BCUT2D eigenvalue weighted by atomic mass is 10.0. The Bertz CT molecular complexity index is 398. The Balaban J connectivity index is 2.43. The molecule has 1 N–H and O–H groups in total. The number of hydrogen-bond donors (Lipinski definition) is 1. The van der Waals surface area contributed by atoms with Gasteiger partial charge in [0.2, 0.25) is 0 Å². The van der Waals surface area contributed by atoms with E-state index in [-0.39, 0.29) is 11.8 Å². The molecular weight excluding hydrogens is 178 g/mol.